The van der Waals surface area contributed by atoms with Gasteiger partial charge in [-0.2, -0.15) is 0 Å². The number of hydrogen-bond acceptors (Lipinski definition) is 4. The third kappa shape index (κ3) is 1.77. The first-order valence-corrected chi connectivity index (χ1v) is 6.90. The summed E-state index contributed by atoms with van der Waals surface area (Å²) in [4.78, 5) is 11.8. The van der Waals surface area contributed by atoms with Crippen LogP contribution in [0.5, 0.6) is 0 Å². The van der Waals surface area contributed by atoms with E-state index in [2.05, 4.69) is 13.2 Å². The van der Waals surface area contributed by atoms with Gasteiger partial charge < -0.3 is 14.9 Å². The Balaban J connectivity index is 1.97. The number of aliphatic hydroxyl groups is 2. The molecule has 1 aliphatic heterocycles. The van der Waals surface area contributed by atoms with Gasteiger partial charge in [0.05, 0.1) is 18.6 Å². The van der Waals surface area contributed by atoms with Crippen LogP contribution in [0.1, 0.15) is 19.3 Å². The third-order valence-corrected chi connectivity index (χ3v) is 5.13. The Morgan fingerprint density at radius 3 is 2.79 bits per heavy atom. The van der Waals surface area contributed by atoms with Crippen LogP contribution >= 0.6 is 0 Å². The first-order chi connectivity index (χ1) is 9.04. The Labute approximate surface area is 112 Å². The van der Waals surface area contributed by atoms with Crippen molar-refractivity contribution in [1.82, 2.24) is 0 Å². The van der Waals surface area contributed by atoms with E-state index in [1.807, 2.05) is 0 Å². The molecule has 0 bridgehead atoms. The lowest BCUT2D eigenvalue weighted by Crippen LogP contribution is -2.30. The SMILES string of the molecule is C=C1CC[C@H]2[C@H](CO)C(=O)O[C@@H]2C2C(=C)[C@H](O)CC12. The zero-order valence-corrected chi connectivity index (χ0v) is 10.9. The van der Waals surface area contributed by atoms with Gasteiger partial charge in [-0.15, -0.1) is 0 Å². The molecule has 2 aliphatic carbocycles. The molecular formula is C15H20O4. The number of aliphatic hydroxyl groups excluding tert-OH is 2. The van der Waals surface area contributed by atoms with Gasteiger partial charge in [-0.1, -0.05) is 18.7 Å². The average Bonchev–Trinajstić information content (AvgIpc) is 2.80. The molecule has 3 aliphatic rings. The van der Waals surface area contributed by atoms with Crippen molar-refractivity contribution < 1.29 is 19.7 Å². The lowest BCUT2D eigenvalue weighted by atomic mass is 9.80. The first-order valence-electron chi connectivity index (χ1n) is 6.90. The van der Waals surface area contributed by atoms with Crippen molar-refractivity contribution in [2.75, 3.05) is 6.61 Å². The van der Waals surface area contributed by atoms with E-state index < -0.39 is 12.0 Å². The van der Waals surface area contributed by atoms with Crippen molar-refractivity contribution in [2.45, 2.75) is 31.5 Å². The fraction of sp³-hybridized carbons (Fsp3) is 0.667. The van der Waals surface area contributed by atoms with Crippen molar-refractivity contribution in [3.8, 4) is 0 Å². The molecule has 104 valence electrons. The summed E-state index contributed by atoms with van der Waals surface area (Å²) >= 11 is 0. The maximum absolute atomic E-state index is 11.8. The molecule has 4 heteroatoms. The molecule has 3 rings (SSSR count). The average molecular weight is 264 g/mol. The molecule has 1 heterocycles. The van der Waals surface area contributed by atoms with Gasteiger partial charge in [-0.05, 0) is 30.8 Å². The van der Waals surface area contributed by atoms with Gasteiger partial charge in [0.2, 0.25) is 0 Å². The summed E-state index contributed by atoms with van der Waals surface area (Å²) < 4.78 is 5.52. The number of hydrogen-bond donors (Lipinski definition) is 2. The molecule has 2 saturated carbocycles. The summed E-state index contributed by atoms with van der Waals surface area (Å²) in [6, 6.07) is 0. The standard InChI is InChI=1S/C15H20O4/c1-7-3-4-9-11(6-16)15(18)19-14(9)13-8(2)12(17)5-10(7)13/h9-14,16-17H,1-6H2/t9-,10?,11-,12+,13?,14-/m0/s1. The van der Waals surface area contributed by atoms with Crippen LogP contribution in [-0.4, -0.2) is 35.0 Å². The number of carbonyl (C=O) groups excluding carboxylic acids is 1. The highest BCUT2D eigenvalue weighted by Crippen LogP contribution is 2.52. The summed E-state index contributed by atoms with van der Waals surface area (Å²) in [5, 5.41) is 19.4. The van der Waals surface area contributed by atoms with Crippen LogP contribution in [0, 0.1) is 23.7 Å². The minimum atomic E-state index is -0.530. The van der Waals surface area contributed by atoms with E-state index in [0.717, 1.165) is 24.0 Å². The monoisotopic (exact) mass is 264 g/mol. The number of allylic oxidation sites excluding steroid dienone is 1. The summed E-state index contributed by atoms with van der Waals surface area (Å²) in [7, 11) is 0. The van der Waals surface area contributed by atoms with E-state index >= 15 is 0 Å². The number of esters is 1. The highest BCUT2D eigenvalue weighted by Gasteiger charge is 2.54. The quantitative estimate of drug-likeness (QED) is 0.548. The van der Waals surface area contributed by atoms with Gasteiger partial charge in [-0.3, -0.25) is 4.79 Å². The molecule has 0 aromatic heterocycles. The first kappa shape index (κ1) is 12.9. The van der Waals surface area contributed by atoms with Crippen LogP contribution < -0.4 is 0 Å². The smallest absolute Gasteiger partial charge is 0.312 e. The lowest BCUT2D eigenvalue weighted by Gasteiger charge is -2.26. The minimum absolute atomic E-state index is 0.0197. The zero-order valence-electron chi connectivity index (χ0n) is 10.9. The number of carbonyl (C=O) groups is 1. The molecule has 0 spiro atoms. The highest BCUT2D eigenvalue weighted by molar-refractivity contribution is 5.75. The predicted molar refractivity (Wildman–Crippen MR) is 69.1 cm³/mol. The Bertz CT molecular complexity index is 441. The van der Waals surface area contributed by atoms with Crippen LogP contribution in [0.4, 0.5) is 0 Å². The Morgan fingerprint density at radius 2 is 2.11 bits per heavy atom. The van der Waals surface area contributed by atoms with Gasteiger partial charge >= 0.3 is 5.97 Å². The molecule has 6 atom stereocenters. The van der Waals surface area contributed by atoms with E-state index in [1.54, 1.807) is 0 Å². The molecule has 0 aromatic rings. The van der Waals surface area contributed by atoms with Crippen LogP contribution in [0.15, 0.2) is 24.3 Å². The Kier molecular flexibility index (Phi) is 3.02. The summed E-state index contributed by atoms with van der Waals surface area (Å²) in [5.74, 6) is -0.593. The lowest BCUT2D eigenvalue weighted by molar-refractivity contribution is -0.146. The number of ether oxygens (including phenoxy) is 1. The molecule has 0 amide bonds. The Morgan fingerprint density at radius 1 is 1.37 bits per heavy atom. The molecule has 2 N–H and O–H groups in total. The topological polar surface area (TPSA) is 66.8 Å². The second-order valence-corrected chi connectivity index (χ2v) is 6.01. The van der Waals surface area contributed by atoms with Crippen LogP contribution in [0.2, 0.25) is 0 Å². The third-order valence-electron chi connectivity index (χ3n) is 5.13. The van der Waals surface area contributed by atoms with E-state index in [1.165, 1.54) is 0 Å². The normalized spacial score (nSPS) is 45.7. The van der Waals surface area contributed by atoms with Crippen LogP contribution in [-0.2, 0) is 9.53 Å². The number of fused-ring (bicyclic) bond motifs is 3. The van der Waals surface area contributed by atoms with Crippen molar-refractivity contribution in [3.63, 3.8) is 0 Å². The van der Waals surface area contributed by atoms with Crippen molar-refractivity contribution in [1.29, 1.82) is 0 Å². The molecule has 2 unspecified atom stereocenters. The predicted octanol–water partition coefficient (Wildman–Crippen LogP) is 1.04. The molecule has 3 fully saturated rings. The fourth-order valence-corrected chi connectivity index (χ4v) is 4.04. The minimum Gasteiger partial charge on any atom is -0.461 e. The van der Waals surface area contributed by atoms with Gasteiger partial charge in [0.1, 0.15) is 6.10 Å². The maximum Gasteiger partial charge on any atom is 0.312 e. The molecule has 4 nitrogen and oxygen atoms in total. The van der Waals surface area contributed by atoms with Crippen molar-refractivity contribution in [2.24, 2.45) is 23.7 Å². The van der Waals surface area contributed by atoms with E-state index in [4.69, 9.17) is 4.74 Å². The van der Waals surface area contributed by atoms with Gasteiger partial charge in [-0.25, -0.2) is 0 Å². The summed E-state index contributed by atoms with van der Waals surface area (Å²) in [5.41, 5.74) is 1.87. The fourth-order valence-electron chi connectivity index (χ4n) is 4.04. The van der Waals surface area contributed by atoms with Gasteiger partial charge in [0, 0.05) is 11.8 Å². The van der Waals surface area contributed by atoms with E-state index in [-0.39, 0.29) is 36.4 Å². The maximum atomic E-state index is 11.8. The molecule has 0 radical (unpaired) electrons. The summed E-state index contributed by atoms with van der Waals surface area (Å²) in [6.45, 7) is 7.95. The van der Waals surface area contributed by atoms with Gasteiger partial charge in [0.25, 0.3) is 0 Å². The molecular weight excluding hydrogens is 244 g/mol. The second kappa shape index (κ2) is 4.46. The number of rotatable bonds is 1. The van der Waals surface area contributed by atoms with Crippen molar-refractivity contribution in [3.05, 3.63) is 24.3 Å². The van der Waals surface area contributed by atoms with E-state index in [0.29, 0.717) is 6.42 Å². The summed E-state index contributed by atoms with van der Waals surface area (Å²) in [6.07, 6.45) is 1.50. The molecule has 19 heavy (non-hydrogen) atoms. The van der Waals surface area contributed by atoms with Crippen LogP contribution in [0.25, 0.3) is 0 Å². The Hall–Kier alpha value is -1.13. The zero-order chi connectivity index (χ0) is 13.7. The van der Waals surface area contributed by atoms with Crippen molar-refractivity contribution >= 4 is 5.97 Å². The molecule has 1 saturated heterocycles. The van der Waals surface area contributed by atoms with Gasteiger partial charge in [0.15, 0.2) is 0 Å². The van der Waals surface area contributed by atoms with Crippen LogP contribution in [0.3, 0.4) is 0 Å². The largest absolute Gasteiger partial charge is 0.461 e. The highest BCUT2D eigenvalue weighted by atomic mass is 16.6. The van der Waals surface area contributed by atoms with E-state index in [9.17, 15) is 15.0 Å². The molecule has 0 aromatic carbocycles. The second-order valence-electron chi connectivity index (χ2n) is 6.01.